The van der Waals surface area contributed by atoms with Crippen LogP contribution in [0.1, 0.15) is 51.8 Å². The minimum absolute atomic E-state index is 0.0963. The second kappa shape index (κ2) is 9.66. The second-order valence-electron chi connectivity index (χ2n) is 8.10. The van der Waals surface area contributed by atoms with Gasteiger partial charge in [-0.15, -0.1) is 11.8 Å². The molecule has 1 N–H and O–H groups in total. The summed E-state index contributed by atoms with van der Waals surface area (Å²) in [5.41, 5.74) is -1.51. The van der Waals surface area contributed by atoms with Crippen molar-refractivity contribution in [3.8, 4) is 0 Å². The van der Waals surface area contributed by atoms with Gasteiger partial charge in [0.15, 0.2) is 0 Å². The molecule has 0 amide bonds. The molecule has 1 saturated carbocycles. The van der Waals surface area contributed by atoms with Crippen molar-refractivity contribution in [1.82, 2.24) is 9.55 Å². The van der Waals surface area contributed by atoms with Crippen molar-refractivity contribution in [1.29, 1.82) is 0 Å². The normalized spacial score (nSPS) is 30.2. The quantitative estimate of drug-likeness (QED) is 0.640. The molecule has 0 bridgehead atoms. The molecule has 1 saturated heterocycles. The van der Waals surface area contributed by atoms with Crippen LogP contribution in [0.25, 0.3) is 6.08 Å². The molecule has 1 aliphatic heterocycles. The number of halogens is 1. The minimum Gasteiger partial charge on any atom is -0.459 e. The van der Waals surface area contributed by atoms with Crippen molar-refractivity contribution in [3.05, 3.63) is 37.6 Å². The van der Waals surface area contributed by atoms with Crippen LogP contribution in [0.2, 0.25) is 0 Å². The molecule has 29 heavy (non-hydrogen) atoms. The average molecular weight is 487 g/mol. The Morgan fingerprint density at radius 2 is 2.17 bits per heavy atom. The number of aromatic nitrogens is 2. The highest BCUT2D eigenvalue weighted by Crippen LogP contribution is 2.37. The molecule has 1 aromatic heterocycles. The largest absolute Gasteiger partial charge is 0.459 e. The van der Waals surface area contributed by atoms with Gasteiger partial charge in [-0.3, -0.25) is 14.3 Å². The van der Waals surface area contributed by atoms with Crippen LogP contribution in [0.15, 0.2) is 20.8 Å². The fraction of sp³-hybridized carbons (Fsp3) is 0.650. The molecule has 1 aliphatic carbocycles. The van der Waals surface area contributed by atoms with Crippen LogP contribution in [0.3, 0.4) is 0 Å². The summed E-state index contributed by atoms with van der Waals surface area (Å²) in [5.74, 6) is 1.37. The van der Waals surface area contributed by atoms with Crippen LogP contribution >= 0.6 is 27.7 Å². The fourth-order valence-corrected chi connectivity index (χ4v) is 5.28. The highest BCUT2D eigenvalue weighted by Gasteiger charge is 2.39. The van der Waals surface area contributed by atoms with Gasteiger partial charge in [-0.05, 0) is 41.7 Å². The molecule has 160 valence electrons. The summed E-state index contributed by atoms with van der Waals surface area (Å²) < 4.78 is 13.0. The van der Waals surface area contributed by atoms with E-state index in [1.807, 2.05) is 0 Å². The number of aromatic amines is 1. The summed E-state index contributed by atoms with van der Waals surface area (Å²) in [4.78, 5) is 40.6. The Hall–Kier alpha value is -1.32. The number of nitrogens with one attached hydrogen (secondary N) is 1. The van der Waals surface area contributed by atoms with Crippen LogP contribution < -0.4 is 11.2 Å². The number of nitrogens with zero attached hydrogens (tertiary/aromatic N) is 1. The predicted octanol–water partition coefficient (Wildman–Crippen LogP) is 3.49. The Labute approximate surface area is 182 Å². The first-order valence-electron chi connectivity index (χ1n) is 9.90. The maximum atomic E-state index is 12.7. The van der Waals surface area contributed by atoms with E-state index in [1.54, 1.807) is 6.08 Å². The van der Waals surface area contributed by atoms with Crippen LogP contribution in [-0.2, 0) is 14.3 Å². The summed E-state index contributed by atoms with van der Waals surface area (Å²) in [6, 6.07) is 0. The molecule has 2 heterocycles. The van der Waals surface area contributed by atoms with E-state index in [-0.39, 0.29) is 12.1 Å². The number of thioether (sulfide) groups is 1. The van der Waals surface area contributed by atoms with Gasteiger partial charge < -0.3 is 9.47 Å². The molecule has 0 spiro atoms. The van der Waals surface area contributed by atoms with E-state index in [2.05, 4.69) is 41.7 Å². The lowest BCUT2D eigenvalue weighted by Gasteiger charge is -2.37. The second-order valence-corrected chi connectivity index (χ2v) is 9.72. The lowest BCUT2D eigenvalue weighted by Crippen LogP contribution is -2.38. The average Bonchev–Trinajstić information content (AvgIpc) is 3.14. The van der Waals surface area contributed by atoms with Gasteiger partial charge in [-0.1, -0.05) is 43.1 Å². The fourth-order valence-electron chi connectivity index (χ4n) is 4.02. The highest BCUT2D eigenvalue weighted by molar-refractivity contribution is 9.11. The van der Waals surface area contributed by atoms with Crippen LogP contribution in [0, 0.1) is 17.8 Å². The van der Waals surface area contributed by atoms with E-state index in [1.165, 1.54) is 27.5 Å². The number of esters is 1. The lowest BCUT2D eigenvalue weighted by atomic mass is 9.75. The number of H-pyrrole nitrogens is 1. The summed E-state index contributed by atoms with van der Waals surface area (Å²) >= 11 is 4.43. The first kappa shape index (κ1) is 22.4. The predicted molar refractivity (Wildman–Crippen MR) is 117 cm³/mol. The third kappa shape index (κ3) is 5.24. The molecule has 1 aromatic rings. The number of carbonyl (C=O) groups excluding carboxylic acids is 1. The maximum absolute atomic E-state index is 12.7. The van der Waals surface area contributed by atoms with Gasteiger partial charge in [0, 0.05) is 11.9 Å². The van der Waals surface area contributed by atoms with Gasteiger partial charge in [-0.2, -0.15) is 0 Å². The summed E-state index contributed by atoms with van der Waals surface area (Å²) in [7, 11) is 0. The van der Waals surface area contributed by atoms with Gasteiger partial charge >= 0.3 is 11.7 Å². The lowest BCUT2D eigenvalue weighted by molar-refractivity contribution is -0.166. The zero-order valence-corrected chi connectivity index (χ0v) is 19.2. The zero-order chi connectivity index (χ0) is 21.1. The van der Waals surface area contributed by atoms with E-state index >= 15 is 0 Å². The van der Waals surface area contributed by atoms with Gasteiger partial charge in [0.05, 0.1) is 5.56 Å². The number of carbonyl (C=O) groups is 1. The molecule has 9 heteroatoms. The Bertz CT molecular complexity index is 880. The molecule has 0 unspecified atom stereocenters. The van der Waals surface area contributed by atoms with Crippen LogP contribution in [0.4, 0.5) is 0 Å². The van der Waals surface area contributed by atoms with Crippen molar-refractivity contribution in [2.75, 3.05) is 5.75 Å². The van der Waals surface area contributed by atoms with E-state index in [4.69, 9.17) is 9.47 Å². The van der Waals surface area contributed by atoms with Crippen molar-refractivity contribution >= 4 is 39.7 Å². The Kier molecular flexibility index (Phi) is 7.45. The summed E-state index contributed by atoms with van der Waals surface area (Å²) in [6.45, 7) is 6.52. The molecule has 5 atom stereocenters. The molecular weight excluding hydrogens is 460 g/mol. The number of hydrogen-bond acceptors (Lipinski definition) is 6. The Morgan fingerprint density at radius 1 is 1.41 bits per heavy atom. The monoisotopic (exact) mass is 486 g/mol. The molecule has 2 aliphatic rings. The standard InChI is InChI=1S/C20H27BrN2O5S/c1-11(2)14-5-4-12(3)8-15(14)27-18(25)19-28-16(10-29-19)23-9-13(6-7-21)17(24)22-20(23)26/h6-7,9,11-12,14-16,19H,4-5,8,10H2,1-3H3,(H,22,24,26)/b7-6+/t12-,14+,15-,16-,19+/m1/s1. The van der Waals surface area contributed by atoms with Gasteiger partial charge in [0.2, 0.25) is 5.44 Å². The van der Waals surface area contributed by atoms with Crippen molar-refractivity contribution in [2.24, 2.45) is 17.8 Å². The highest BCUT2D eigenvalue weighted by atomic mass is 79.9. The zero-order valence-electron chi connectivity index (χ0n) is 16.8. The van der Waals surface area contributed by atoms with Gasteiger partial charge in [-0.25, -0.2) is 9.59 Å². The van der Waals surface area contributed by atoms with Crippen molar-refractivity contribution < 1.29 is 14.3 Å². The van der Waals surface area contributed by atoms with E-state index < -0.39 is 22.9 Å². The van der Waals surface area contributed by atoms with Crippen molar-refractivity contribution in [3.63, 3.8) is 0 Å². The summed E-state index contributed by atoms with van der Waals surface area (Å²) in [5, 5.41) is 0. The molecule has 3 rings (SSSR count). The topological polar surface area (TPSA) is 90.4 Å². The molecule has 7 nitrogen and oxygen atoms in total. The van der Waals surface area contributed by atoms with Gasteiger partial charge in [0.1, 0.15) is 12.3 Å². The van der Waals surface area contributed by atoms with Crippen molar-refractivity contribution in [2.45, 2.75) is 57.8 Å². The Balaban J connectivity index is 1.69. The molecular formula is C20H27BrN2O5S. The summed E-state index contributed by atoms with van der Waals surface area (Å²) in [6.07, 6.45) is 5.34. The Morgan fingerprint density at radius 3 is 2.86 bits per heavy atom. The maximum Gasteiger partial charge on any atom is 0.346 e. The first-order chi connectivity index (χ1) is 13.8. The van der Waals surface area contributed by atoms with Crippen LogP contribution in [0.5, 0.6) is 0 Å². The molecule has 2 fully saturated rings. The number of ether oxygens (including phenoxy) is 2. The third-order valence-electron chi connectivity index (χ3n) is 5.64. The van der Waals surface area contributed by atoms with Crippen LogP contribution in [-0.4, -0.2) is 32.8 Å². The molecule has 0 radical (unpaired) electrons. The van der Waals surface area contributed by atoms with E-state index in [9.17, 15) is 14.4 Å². The number of hydrogen-bond donors (Lipinski definition) is 1. The van der Waals surface area contributed by atoms with E-state index in [0.29, 0.717) is 29.1 Å². The third-order valence-corrected chi connectivity index (χ3v) is 6.99. The SMILES string of the molecule is CC(C)[C@@H]1CC[C@@H](C)C[C@H]1OC(=O)[C@H]1O[C@@H](n2cc(/C=C/Br)c(=O)[nH]c2=O)CS1. The smallest absolute Gasteiger partial charge is 0.346 e. The molecule has 0 aromatic carbocycles. The minimum atomic E-state index is -0.779. The number of rotatable bonds is 5. The van der Waals surface area contributed by atoms with Gasteiger partial charge in [0.25, 0.3) is 5.56 Å². The first-order valence-corrected chi connectivity index (χ1v) is 11.9. The van der Waals surface area contributed by atoms with E-state index in [0.717, 1.165) is 19.3 Å².